The average Bonchev–Trinajstić information content (AvgIpc) is 2.91. The number of imidazole rings is 1. The largest absolute Gasteiger partial charge is 0.394 e. The van der Waals surface area contributed by atoms with E-state index in [4.69, 9.17) is 4.98 Å². The second kappa shape index (κ2) is 5.86. The molecule has 1 aromatic rings. The smallest absolute Gasteiger partial charge is 0.126 e. The molecule has 0 radical (unpaired) electrons. The fourth-order valence-electron chi connectivity index (χ4n) is 3.94. The van der Waals surface area contributed by atoms with Crippen LogP contribution >= 0.6 is 0 Å². The van der Waals surface area contributed by atoms with E-state index in [0.29, 0.717) is 12.1 Å². The standard InChI is InChI=1S/C16H27N3O/c1-12(2)18-9-4-3-8-15(18)16-17-10-13-6-5-7-14(11-20)19(13)16/h10,12,14-15,20H,3-9,11H2,1-2H3. The molecule has 20 heavy (non-hydrogen) atoms. The average molecular weight is 277 g/mol. The lowest BCUT2D eigenvalue weighted by Gasteiger charge is -2.39. The molecule has 3 rings (SSSR count). The van der Waals surface area contributed by atoms with Crippen molar-refractivity contribution in [2.75, 3.05) is 13.2 Å². The molecule has 0 aromatic carbocycles. The highest BCUT2D eigenvalue weighted by Crippen LogP contribution is 2.36. The maximum Gasteiger partial charge on any atom is 0.126 e. The van der Waals surface area contributed by atoms with Crippen molar-refractivity contribution in [1.82, 2.24) is 14.5 Å². The van der Waals surface area contributed by atoms with Gasteiger partial charge in [0.25, 0.3) is 0 Å². The van der Waals surface area contributed by atoms with Gasteiger partial charge < -0.3 is 9.67 Å². The summed E-state index contributed by atoms with van der Waals surface area (Å²) in [7, 11) is 0. The van der Waals surface area contributed by atoms with E-state index in [0.717, 1.165) is 12.8 Å². The molecule has 1 saturated heterocycles. The van der Waals surface area contributed by atoms with E-state index < -0.39 is 0 Å². The van der Waals surface area contributed by atoms with E-state index >= 15 is 0 Å². The Morgan fingerprint density at radius 3 is 2.90 bits per heavy atom. The highest BCUT2D eigenvalue weighted by Gasteiger charge is 2.32. The van der Waals surface area contributed by atoms with Crippen molar-refractivity contribution >= 4 is 0 Å². The Morgan fingerprint density at radius 2 is 2.15 bits per heavy atom. The van der Waals surface area contributed by atoms with Crippen LogP contribution in [0.4, 0.5) is 0 Å². The van der Waals surface area contributed by atoms with Crippen LogP contribution in [-0.2, 0) is 6.42 Å². The first kappa shape index (κ1) is 14.1. The van der Waals surface area contributed by atoms with Gasteiger partial charge in [-0.1, -0.05) is 6.42 Å². The second-order valence-electron chi connectivity index (χ2n) is 6.55. The van der Waals surface area contributed by atoms with Crippen molar-refractivity contribution in [1.29, 1.82) is 0 Å². The van der Waals surface area contributed by atoms with Gasteiger partial charge in [0, 0.05) is 17.9 Å². The number of hydrogen-bond acceptors (Lipinski definition) is 3. The van der Waals surface area contributed by atoms with Gasteiger partial charge in [0.2, 0.25) is 0 Å². The molecule has 0 amide bonds. The van der Waals surface area contributed by atoms with Gasteiger partial charge in [0.15, 0.2) is 0 Å². The quantitative estimate of drug-likeness (QED) is 0.923. The molecular formula is C16H27N3O. The van der Waals surface area contributed by atoms with Gasteiger partial charge in [-0.3, -0.25) is 4.90 Å². The monoisotopic (exact) mass is 277 g/mol. The van der Waals surface area contributed by atoms with Crippen LogP contribution in [0.25, 0.3) is 0 Å². The van der Waals surface area contributed by atoms with Gasteiger partial charge in [0.1, 0.15) is 5.82 Å². The summed E-state index contributed by atoms with van der Waals surface area (Å²) in [6.07, 6.45) is 9.21. The number of likely N-dealkylation sites (tertiary alicyclic amines) is 1. The van der Waals surface area contributed by atoms with Crippen LogP contribution in [-0.4, -0.2) is 38.8 Å². The SMILES string of the molecule is CC(C)N1CCCCC1c1ncc2n1C(CO)CCC2. The molecule has 112 valence electrons. The Kier molecular flexibility index (Phi) is 4.13. The number of aliphatic hydroxyl groups excluding tert-OH is 1. The normalized spacial score (nSPS) is 27.8. The molecule has 3 heterocycles. The summed E-state index contributed by atoms with van der Waals surface area (Å²) >= 11 is 0. The third-order valence-corrected chi connectivity index (χ3v) is 4.95. The van der Waals surface area contributed by atoms with Gasteiger partial charge in [-0.2, -0.15) is 0 Å². The zero-order valence-electron chi connectivity index (χ0n) is 12.8. The molecule has 1 fully saturated rings. The molecule has 4 nitrogen and oxygen atoms in total. The maximum absolute atomic E-state index is 9.69. The zero-order valence-corrected chi connectivity index (χ0v) is 12.8. The molecule has 2 unspecified atom stereocenters. The molecule has 2 aliphatic rings. The number of rotatable bonds is 3. The molecule has 0 saturated carbocycles. The molecule has 0 bridgehead atoms. The van der Waals surface area contributed by atoms with Crippen LogP contribution in [0.5, 0.6) is 0 Å². The summed E-state index contributed by atoms with van der Waals surface area (Å²) < 4.78 is 2.36. The van der Waals surface area contributed by atoms with Gasteiger partial charge >= 0.3 is 0 Å². The first-order valence-corrected chi connectivity index (χ1v) is 8.15. The van der Waals surface area contributed by atoms with E-state index in [9.17, 15) is 5.11 Å². The van der Waals surface area contributed by atoms with Crippen LogP contribution < -0.4 is 0 Å². The first-order valence-electron chi connectivity index (χ1n) is 8.15. The van der Waals surface area contributed by atoms with Crippen LogP contribution in [0.2, 0.25) is 0 Å². The van der Waals surface area contributed by atoms with Crippen LogP contribution in [0.15, 0.2) is 6.20 Å². The van der Waals surface area contributed by atoms with E-state index in [1.54, 1.807) is 0 Å². The van der Waals surface area contributed by atoms with E-state index in [2.05, 4.69) is 23.3 Å². The summed E-state index contributed by atoms with van der Waals surface area (Å²) in [4.78, 5) is 7.35. The van der Waals surface area contributed by atoms with Crippen molar-refractivity contribution in [3.8, 4) is 0 Å². The third-order valence-electron chi connectivity index (χ3n) is 4.95. The highest BCUT2D eigenvalue weighted by molar-refractivity contribution is 5.14. The summed E-state index contributed by atoms with van der Waals surface area (Å²) in [5, 5.41) is 9.69. The lowest BCUT2D eigenvalue weighted by atomic mass is 9.98. The van der Waals surface area contributed by atoms with Crippen molar-refractivity contribution < 1.29 is 5.11 Å². The first-order chi connectivity index (χ1) is 9.72. The summed E-state index contributed by atoms with van der Waals surface area (Å²) in [6, 6.07) is 1.24. The number of hydrogen-bond donors (Lipinski definition) is 1. The number of aromatic nitrogens is 2. The summed E-state index contributed by atoms with van der Waals surface area (Å²) in [6.45, 7) is 5.98. The van der Waals surface area contributed by atoms with Crippen LogP contribution in [0.3, 0.4) is 0 Å². The number of aryl methyl sites for hydroxylation is 1. The molecule has 2 aliphatic heterocycles. The van der Waals surface area contributed by atoms with Crippen molar-refractivity contribution in [2.24, 2.45) is 0 Å². The minimum Gasteiger partial charge on any atom is -0.394 e. The molecular weight excluding hydrogens is 250 g/mol. The van der Waals surface area contributed by atoms with Crippen molar-refractivity contribution in [3.05, 3.63) is 17.7 Å². The maximum atomic E-state index is 9.69. The lowest BCUT2D eigenvalue weighted by molar-refractivity contribution is 0.0979. The van der Waals surface area contributed by atoms with Crippen molar-refractivity contribution in [3.63, 3.8) is 0 Å². The van der Waals surface area contributed by atoms with Gasteiger partial charge in [0.05, 0.1) is 18.7 Å². The molecule has 0 spiro atoms. The molecule has 1 N–H and O–H groups in total. The Labute approximate surface area is 121 Å². The Morgan fingerprint density at radius 1 is 1.30 bits per heavy atom. The topological polar surface area (TPSA) is 41.3 Å². The van der Waals surface area contributed by atoms with Gasteiger partial charge in [-0.15, -0.1) is 0 Å². The van der Waals surface area contributed by atoms with Crippen molar-refractivity contribution in [2.45, 2.75) is 70.5 Å². The number of fused-ring (bicyclic) bond motifs is 1. The third kappa shape index (κ3) is 2.40. The Balaban J connectivity index is 1.95. The highest BCUT2D eigenvalue weighted by atomic mass is 16.3. The van der Waals surface area contributed by atoms with E-state index in [-0.39, 0.29) is 12.6 Å². The molecule has 4 heteroatoms. The number of nitrogens with zero attached hydrogens (tertiary/aromatic N) is 3. The number of aliphatic hydroxyl groups is 1. The minimum atomic E-state index is 0.241. The fourth-order valence-corrected chi connectivity index (χ4v) is 3.94. The van der Waals surface area contributed by atoms with E-state index in [1.807, 2.05) is 6.20 Å². The molecule has 0 aliphatic carbocycles. The fraction of sp³-hybridized carbons (Fsp3) is 0.812. The zero-order chi connectivity index (χ0) is 14.1. The predicted molar refractivity (Wildman–Crippen MR) is 79.7 cm³/mol. The van der Waals surface area contributed by atoms with E-state index in [1.165, 1.54) is 43.7 Å². The molecule has 1 aromatic heterocycles. The van der Waals surface area contributed by atoms with Gasteiger partial charge in [-0.25, -0.2) is 4.98 Å². The summed E-state index contributed by atoms with van der Waals surface area (Å²) in [5.41, 5.74) is 1.32. The predicted octanol–water partition coefficient (Wildman–Crippen LogP) is 2.69. The van der Waals surface area contributed by atoms with Crippen LogP contribution in [0, 0.1) is 0 Å². The Hall–Kier alpha value is -0.870. The summed E-state index contributed by atoms with van der Waals surface area (Å²) in [5.74, 6) is 1.20. The lowest BCUT2D eigenvalue weighted by Crippen LogP contribution is -2.40. The molecule has 2 atom stereocenters. The second-order valence-corrected chi connectivity index (χ2v) is 6.55. The minimum absolute atomic E-state index is 0.241. The van der Waals surface area contributed by atoms with Gasteiger partial charge in [-0.05, 0) is 52.5 Å². The van der Waals surface area contributed by atoms with Crippen LogP contribution in [0.1, 0.15) is 69.6 Å². The Bertz CT molecular complexity index is 455. The number of piperidine rings is 1.